The zero-order valence-electron chi connectivity index (χ0n) is 11.6. The number of carbonyl (C=O) groups excluding carboxylic acids is 1. The standard InChI is InChI=1S/C14H23N3O/c1-9-7-10(14(2,3)4)5-6-11(9)12(15)8-13(18)17-16/h5-7,12H,8,15-16H2,1-4H3,(H,17,18). The molecule has 4 nitrogen and oxygen atoms in total. The fourth-order valence-corrected chi connectivity index (χ4v) is 1.93. The van der Waals surface area contributed by atoms with E-state index in [1.165, 1.54) is 5.56 Å². The Hall–Kier alpha value is -1.39. The molecule has 0 saturated heterocycles. The van der Waals surface area contributed by atoms with E-state index < -0.39 is 0 Å². The summed E-state index contributed by atoms with van der Waals surface area (Å²) in [5, 5.41) is 0. The summed E-state index contributed by atoms with van der Waals surface area (Å²) in [4.78, 5) is 11.2. The molecule has 18 heavy (non-hydrogen) atoms. The first-order valence-corrected chi connectivity index (χ1v) is 6.11. The maximum Gasteiger partial charge on any atom is 0.235 e. The molecule has 1 amide bonds. The molecule has 4 heteroatoms. The molecule has 5 N–H and O–H groups in total. The van der Waals surface area contributed by atoms with Gasteiger partial charge in [0.2, 0.25) is 5.91 Å². The minimum atomic E-state index is -0.317. The third-order valence-corrected chi connectivity index (χ3v) is 3.10. The largest absolute Gasteiger partial charge is 0.324 e. The summed E-state index contributed by atoms with van der Waals surface area (Å²) in [6, 6.07) is 5.89. The van der Waals surface area contributed by atoms with Gasteiger partial charge in [0.05, 0.1) is 0 Å². The Labute approximate surface area is 109 Å². The van der Waals surface area contributed by atoms with Crippen molar-refractivity contribution in [1.29, 1.82) is 0 Å². The number of hydrazine groups is 1. The first kappa shape index (κ1) is 14.7. The lowest BCUT2D eigenvalue weighted by atomic mass is 9.84. The Morgan fingerprint density at radius 2 is 2.00 bits per heavy atom. The summed E-state index contributed by atoms with van der Waals surface area (Å²) >= 11 is 0. The molecule has 0 fully saturated rings. The minimum absolute atomic E-state index is 0.113. The SMILES string of the molecule is Cc1cc(C(C)(C)C)ccc1C(N)CC(=O)NN. The monoisotopic (exact) mass is 249 g/mol. The molecule has 0 saturated carbocycles. The van der Waals surface area contributed by atoms with E-state index >= 15 is 0 Å². The number of amides is 1. The normalized spacial score (nSPS) is 13.2. The first-order valence-electron chi connectivity index (χ1n) is 6.11. The molecule has 1 unspecified atom stereocenters. The summed E-state index contributed by atoms with van der Waals surface area (Å²) in [6.45, 7) is 8.53. The molecule has 1 atom stereocenters. The third kappa shape index (κ3) is 3.55. The molecule has 0 aromatic heterocycles. The second-order valence-corrected chi connectivity index (χ2v) is 5.70. The molecule has 0 spiro atoms. The zero-order chi connectivity index (χ0) is 13.9. The van der Waals surface area contributed by atoms with Gasteiger partial charge in [0, 0.05) is 12.5 Å². The quantitative estimate of drug-likeness (QED) is 0.433. The highest BCUT2D eigenvalue weighted by Crippen LogP contribution is 2.27. The molecule has 0 aliphatic rings. The van der Waals surface area contributed by atoms with Crippen LogP contribution in [0.25, 0.3) is 0 Å². The van der Waals surface area contributed by atoms with Crippen LogP contribution >= 0.6 is 0 Å². The van der Waals surface area contributed by atoms with E-state index in [1.54, 1.807) is 0 Å². The van der Waals surface area contributed by atoms with E-state index in [-0.39, 0.29) is 23.8 Å². The van der Waals surface area contributed by atoms with Gasteiger partial charge in [-0.05, 0) is 29.0 Å². The van der Waals surface area contributed by atoms with Gasteiger partial charge in [-0.3, -0.25) is 10.2 Å². The molecule has 1 rings (SSSR count). The highest BCUT2D eigenvalue weighted by molar-refractivity contribution is 5.76. The summed E-state index contributed by atoms with van der Waals surface area (Å²) in [5.41, 5.74) is 11.6. The van der Waals surface area contributed by atoms with E-state index in [0.29, 0.717) is 0 Å². The molecule has 100 valence electrons. The van der Waals surface area contributed by atoms with E-state index in [1.807, 2.05) is 13.0 Å². The van der Waals surface area contributed by atoms with Crippen LogP contribution in [0.2, 0.25) is 0 Å². The van der Waals surface area contributed by atoms with Crippen molar-refractivity contribution in [2.45, 2.75) is 45.6 Å². The van der Waals surface area contributed by atoms with Gasteiger partial charge in [-0.2, -0.15) is 0 Å². The number of aryl methyl sites for hydroxylation is 1. The van der Waals surface area contributed by atoms with E-state index in [0.717, 1.165) is 11.1 Å². The summed E-state index contributed by atoms with van der Waals surface area (Å²) < 4.78 is 0. The van der Waals surface area contributed by atoms with Crippen molar-refractivity contribution in [3.8, 4) is 0 Å². The number of nitrogens with two attached hydrogens (primary N) is 2. The van der Waals surface area contributed by atoms with Gasteiger partial charge in [-0.25, -0.2) is 5.84 Å². The summed E-state index contributed by atoms with van der Waals surface area (Å²) in [6.07, 6.45) is 0.201. The van der Waals surface area contributed by atoms with Crippen LogP contribution < -0.4 is 17.0 Å². The summed E-state index contributed by atoms with van der Waals surface area (Å²) in [5.74, 6) is 4.81. The maximum absolute atomic E-state index is 11.2. The van der Waals surface area contributed by atoms with Crippen LogP contribution in [-0.2, 0) is 10.2 Å². The Kier molecular flexibility index (Phi) is 4.48. The van der Waals surface area contributed by atoms with Gasteiger partial charge in [-0.15, -0.1) is 0 Å². The van der Waals surface area contributed by atoms with Crippen molar-refractivity contribution in [1.82, 2.24) is 5.43 Å². The molecule has 0 aliphatic heterocycles. The topological polar surface area (TPSA) is 81.1 Å². The fraction of sp³-hybridized carbons (Fsp3) is 0.500. The highest BCUT2D eigenvalue weighted by Gasteiger charge is 2.17. The van der Waals surface area contributed by atoms with Crippen LogP contribution in [0.4, 0.5) is 0 Å². The number of hydrogen-bond acceptors (Lipinski definition) is 3. The molecular formula is C14H23N3O. The lowest BCUT2D eigenvalue weighted by Gasteiger charge is -2.22. The Morgan fingerprint density at radius 1 is 1.39 bits per heavy atom. The van der Waals surface area contributed by atoms with Gasteiger partial charge in [0.15, 0.2) is 0 Å². The second-order valence-electron chi connectivity index (χ2n) is 5.70. The molecule has 1 aromatic rings. The predicted octanol–water partition coefficient (Wildman–Crippen LogP) is 1.67. The van der Waals surface area contributed by atoms with E-state index in [9.17, 15) is 4.79 Å². The van der Waals surface area contributed by atoms with Crippen molar-refractivity contribution in [3.05, 3.63) is 34.9 Å². The summed E-state index contributed by atoms with van der Waals surface area (Å²) in [7, 11) is 0. The van der Waals surface area contributed by atoms with Crippen molar-refractivity contribution < 1.29 is 4.79 Å². The molecule has 0 aliphatic carbocycles. The van der Waals surface area contributed by atoms with Crippen molar-refractivity contribution in [2.24, 2.45) is 11.6 Å². The van der Waals surface area contributed by atoms with E-state index in [2.05, 4.69) is 38.3 Å². The average Bonchev–Trinajstić information content (AvgIpc) is 2.27. The Morgan fingerprint density at radius 3 is 2.44 bits per heavy atom. The van der Waals surface area contributed by atoms with Crippen molar-refractivity contribution >= 4 is 5.91 Å². The molecule has 0 bridgehead atoms. The molecule has 1 aromatic carbocycles. The molecule has 0 heterocycles. The van der Waals surface area contributed by atoms with Gasteiger partial charge in [0.1, 0.15) is 0 Å². The van der Waals surface area contributed by atoms with Gasteiger partial charge < -0.3 is 5.73 Å². The number of hydrogen-bond donors (Lipinski definition) is 3. The average molecular weight is 249 g/mol. The van der Waals surface area contributed by atoms with Crippen LogP contribution in [0.3, 0.4) is 0 Å². The minimum Gasteiger partial charge on any atom is -0.324 e. The van der Waals surface area contributed by atoms with Crippen LogP contribution in [0.5, 0.6) is 0 Å². The predicted molar refractivity (Wildman–Crippen MR) is 73.8 cm³/mol. The van der Waals surface area contributed by atoms with Gasteiger partial charge in [-0.1, -0.05) is 39.0 Å². The van der Waals surface area contributed by atoms with Crippen LogP contribution in [0, 0.1) is 6.92 Å². The van der Waals surface area contributed by atoms with Crippen LogP contribution in [-0.4, -0.2) is 5.91 Å². The first-order chi connectivity index (χ1) is 8.25. The zero-order valence-corrected chi connectivity index (χ0v) is 11.6. The lowest BCUT2D eigenvalue weighted by Crippen LogP contribution is -2.32. The van der Waals surface area contributed by atoms with Crippen molar-refractivity contribution in [3.63, 3.8) is 0 Å². The van der Waals surface area contributed by atoms with Gasteiger partial charge >= 0.3 is 0 Å². The van der Waals surface area contributed by atoms with Crippen LogP contribution in [0.15, 0.2) is 18.2 Å². The van der Waals surface area contributed by atoms with Crippen LogP contribution in [0.1, 0.15) is 49.9 Å². The smallest absolute Gasteiger partial charge is 0.235 e. The number of carbonyl (C=O) groups is 1. The molecule has 0 radical (unpaired) electrons. The second kappa shape index (κ2) is 5.50. The van der Waals surface area contributed by atoms with Gasteiger partial charge in [0.25, 0.3) is 0 Å². The number of nitrogens with one attached hydrogen (secondary N) is 1. The third-order valence-electron chi connectivity index (χ3n) is 3.10. The number of benzene rings is 1. The number of rotatable bonds is 3. The fourth-order valence-electron chi connectivity index (χ4n) is 1.93. The lowest BCUT2D eigenvalue weighted by molar-refractivity contribution is -0.121. The Bertz CT molecular complexity index is 435. The van der Waals surface area contributed by atoms with Crippen molar-refractivity contribution in [2.75, 3.05) is 0 Å². The maximum atomic E-state index is 11.2. The Balaban J connectivity index is 2.95. The van der Waals surface area contributed by atoms with E-state index in [4.69, 9.17) is 11.6 Å². The highest BCUT2D eigenvalue weighted by atomic mass is 16.2. The molecular weight excluding hydrogens is 226 g/mol.